The zero-order chi connectivity index (χ0) is 21.8. The molecule has 1 aromatic carbocycles. The Morgan fingerprint density at radius 2 is 2.13 bits per heavy atom. The lowest BCUT2D eigenvalue weighted by Gasteiger charge is -2.32. The van der Waals surface area contributed by atoms with Crippen LogP contribution < -0.4 is 9.47 Å². The average molecular weight is 441 g/mol. The standard InChI is InChI=1S/C22H24N4O4S/c1-14-21(31-25-24-14)22(27)26-8-9-30-20(13-26)18-6-4-15(12-23-18)10-16-11-17(28-2)5-7-19(16)29-3/h4-7,11-12,20H,8-10,13H2,1-3H3. The van der Waals surface area contributed by atoms with Gasteiger partial charge in [-0.1, -0.05) is 10.6 Å². The maximum Gasteiger partial charge on any atom is 0.267 e. The number of hydrogen-bond acceptors (Lipinski definition) is 8. The van der Waals surface area contributed by atoms with Crippen molar-refractivity contribution in [2.75, 3.05) is 33.9 Å². The van der Waals surface area contributed by atoms with E-state index in [2.05, 4.69) is 14.6 Å². The molecule has 1 saturated heterocycles. The Labute approximate surface area is 184 Å². The van der Waals surface area contributed by atoms with Crippen LogP contribution >= 0.6 is 11.5 Å². The van der Waals surface area contributed by atoms with Gasteiger partial charge in [0.2, 0.25) is 0 Å². The molecule has 3 heterocycles. The van der Waals surface area contributed by atoms with E-state index in [1.807, 2.05) is 36.5 Å². The van der Waals surface area contributed by atoms with Crippen molar-refractivity contribution >= 4 is 17.4 Å². The zero-order valence-electron chi connectivity index (χ0n) is 17.7. The van der Waals surface area contributed by atoms with E-state index in [0.29, 0.717) is 36.7 Å². The number of rotatable bonds is 6. The van der Waals surface area contributed by atoms with Crippen LogP contribution in [0.5, 0.6) is 11.5 Å². The van der Waals surface area contributed by atoms with Crippen molar-refractivity contribution in [1.82, 2.24) is 19.5 Å². The summed E-state index contributed by atoms with van der Waals surface area (Å²) < 4.78 is 20.6. The number of aromatic nitrogens is 3. The molecule has 0 saturated carbocycles. The molecule has 1 amide bonds. The van der Waals surface area contributed by atoms with E-state index in [4.69, 9.17) is 14.2 Å². The number of amides is 1. The molecule has 0 N–H and O–H groups in total. The third-order valence-corrected chi connectivity index (χ3v) is 6.07. The van der Waals surface area contributed by atoms with E-state index in [0.717, 1.165) is 39.9 Å². The smallest absolute Gasteiger partial charge is 0.267 e. The molecule has 162 valence electrons. The zero-order valence-corrected chi connectivity index (χ0v) is 18.5. The lowest BCUT2D eigenvalue weighted by Crippen LogP contribution is -2.42. The second-order valence-corrected chi connectivity index (χ2v) is 8.00. The summed E-state index contributed by atoms with van der Waals surface area (Å²) in [4.78, 5) is 19.8. The summed E-state index contributed by atoms with van der Waals surface area (Å²) in [5.41, 5.74) is 3.53. The summed E-state index contributed by atoms with van der Waals surface area (Å²) in [5.74, 6) is 1.54. The monoisotopic (exact) mass is 440 g/mol. The summed E-state index contributed by atoms with van der Waals surface area (Å²) in [5, 5.41) is 3.94. The van der Waals surface area contributed by atoms with Crippen molar-refractivity contribution in [3.8, 4) is 11.5 Å². The number of ether oxygens (including phenoxy) is 3. The molecule has 0 radical (unpaired) electrons. The minimum absolute atomic E-state index is 0.0532. The second kappa shape index (κ2) is 9.40. The Morgan fingerprint density at radius 3 is 2.81 bits per heavy atom. The number of carbonyl (C=O) groups excluding carboxylic acids is 1. The van der Waals surface area contributed by atoms with Gasteiger partial charge in [0.15, 0.2) is 0 Å². The van der Waals surface area contributed by atoms with Crippen molar-refractivity contribution in [1.29, 1.82) is 0 Å². The molecule has 0 spiro atoms. The van der Waals surface area contributed by atoms with Gasteiger partial charge >= 0.3 is 0 Å². The summed E-state index contributed by atoms with van der Waals surface area (Å²) in [6.07, 6.45) is 2.25. The van der Waals surface area contributed by atoms with Crippen LogP contribution in [-0.4, -0.2) is 59.3 Å². The number of methoxy groups -OCH3 is 2. The fourth-order valence-electron chi connectivity index (χ4n) is 3.55. The van der Waals surface area contributed by atoms with Crippen molar-refractivity contribution in [2.24, 2.45) is 0 Å². The first-order chi connectivity index (χ1) is 15.1. The minimum atomic E-state index is -0.265. The van der Waals surface area contributed by atoms with E-state index in [1.165, 1.54) is 0 Å². The van der Waals surface area contributed by atoms with Crippen LogP contribution in [-0.2, 0) is 11.2 Å². The molecule has 1 unspecified atom stereocenters. The van der Waals surface area contributed by atoms with Crippen LogP contribution in [0.25, 0.3) is 0 Å². The van der Waals surface area contributed by atoms with Gasteiger partial charge in [-0.2, -0.15) is 0 Å². The van der Waals surface area contributed by atoms with Gasteiger partial charge in [-0.05, 0) is 48.3 Å². The molecule has 1 fully saturated rings. The number of nitrogens with zero attached hydrogens (tertiary/aromatic N) is 4. The molecule has 1 aliphatic rings. The van der Waals surface area contributed by atoms with Gasteiger partial charge < -0.3 is 19.1 Å². The number of carbonyl (C=O) groups is 1. The van der Waals surface area contributed by atoms with Crippen LogP contribution in [0.15, 0.2) is 36.5 Å². The molecule has 0 bridgehead atoms. The Balaban J connectivity index is 1.46. The Kier molecular flexibility index (Phi) is 6.43. The van der Waals surface area contributed by atoms with E-state index in [1.54, 1.807) is 26.0 Å². The highest BCUT2D eigenvalue weighted by Crippen LogP contribution is 2.27. The average Bonchev–Trinajstić information content (AvgIpc) is 3.25. The molecule has 1 atom stereocenters. The quantitative estimate of drug-likeness (QED) is 0.582. The highest BCUT2D eigenvalue weighted by Gasteiger charge is 2.28. The first-order valence-electron chi connectivity index (χ1n) is 9.94. The van der Waals surface area contributed by atoms with Gasteiger partial charge in [-0.15, -0.1) is 5.10 Å². The SMILES string of the molecule is COc1ccc(OC)c(Cc2ccc(C3CN(C(=O)c4snnc4C)CCO3)nc2)c1. The topological polar surface area (TPSA) is 86.7 Å². The second-order valence-electron chi connectivity index (χ2n) is 7.24. The largest absolute Gasteiger partial charge is 0.497 e. The maximum absolute atomic E-state index is 12.8. The van der Waals surface area contributed by atoms with Gasteiger partial charge in [0.1, 0.15) is 22.5 Å². The molecule has 2 aromatic heterocycles. The van der Waals surface area contributed by atoms with Crippen molar-refractivity contribution in [3.63, 3.8) is 0 Å². The summed E-state index contributed by atoms with van der Waals surface area (Å²) in [6.45, 7) is 3.25. The highest BCUT2D eigenvalue weighted by molar-refractivity contribution is 7.07. The number of benzene rings is 1. The molecule has 3 aromatic rings. The van der Waals surface area contributed by atoms with Crippen LogP contribution in [0.1, 0.15) is 38.3 Å². The first kappa shape index (κ1) is 21.2. The first-order valence-corrected chi connectivity index (χ1v) is 10.7. The number of aryl methyl sites for hydroxylation is 1. The molecule has 9 heteroatoms. The molecule has 31 heavy (non-hydrogen) atoms. The maximum atomic E-state index is 12.8. The molecular formula is C22H24N4O4S. The normalized spacial score (nSPS) is 16.2. The van der Waals surface area contributed by atoms with Gasteiger partial charge in [0, 0.05) is 24.7 Å². The van der Waals surface area contributed by atoms with Crippen molar-refractivity contribution in [3.05, 3.63) is 63.9 Å². The van der Waals surface area contributed by atoms with E-state index >= 15 is 0 Å². The fraction of sp³-hybridized carbons (Fsp3) is 0.364. The molecule has 0 aliphatic carbocycles. The van der Waals surface area contributed by atoms with Gasteiger partial charge in [-0.25, -0.2) is 0 Å². The highest BCUT2D eigenvalue weighted by atomic mass is 32.1. The van der Waals surface area contributed by atoms with Crippen molar-refractivity contribution < 1.29 is 19.0 Å². The predicted molar refractivity (Wildman–Crippen MR) is 116 cm³/mol. The Bertz CT molecular complexity index is 1050. The van der Waals surface area contributed by atoms with Crippen LogP contribution in [0, 0.1) is 6.92 Å². The van der Waals surface area contributed by atoms with Crippen LogP contribution in [0.3, 0.4) is 0 Å². The summed E-state index contributed by atoms with van der Waals surface area (Å²) in [7, 11) is 3.30. The Hall–Kier alpha value is -3.04. The number of pyridine rings is 1. The molecular weight excluding hydrogens is 416 g/mol. The number of morpholine rings is 1. The molecule has 1 aliphatic heterocycles. The lowest BCUT2D eigenvalue weighted by atomic mass is 10.0. The third kappa shape index (κ3) is 4.67. The van der Waals surface area contributed by atoms with E-state index in [-0.39, 0.29) is 12.0 Å². The van der Waals surface area contributed by atoms with E-state index < -0.39 is 0 Å². The molecule has 4 rings (SSSR count). The van der Waals surface area contributed by atoms with Crippen molar-refractivity contribution in [2.45, 2.75) is 19.4 Å². The third-order valence-electron chi connectivity index (χ3n) is 5.26. The summed E-state index contributed by atoms with van der Waals surface area (Å²) >= 11 is 1.13. The van der Waals surface area contributed by atoms with Crippen LogP contribution in [0.2, 0.25) is 0 Å². The van der Waals surface area contributed by atoms with Gasteiger partial charge in [0.05, 0.1) is 38.8 Å². The van der Waals surface area contributed by atoms with Gasteiger partial charge in [0.25, 0.3) is 5.91 Å². The van der Waals surface area contributed by atoms with E-state index in [9.17, 15) is 4.79 Å². The Morgan fingerprint density at radius 1 is 1.26 bits per heavy atom. The van der Waals surface area contributed by atoms with Crippen LogP contribution in [0.4, 0.5) is 0 Å². The number of hydrogen-bond donors (Lipinski definition) is 0. The summed E-state index contributed by atoms with van der Waals surface area (Å²) in [6, 6.07) is 9.73. The lowest BCUT2D eigenvalue weighted by molar-refractivity contribution is -0.0246. The van der Waals surface area contributed by atoms with Gasteiger partial charge in [-0.3, -0.25) is 9.78 Å². The fourth-order valence-corrected chi connectivity index (χ4v) is 4.18. The minimum Gasteiger partial charge on any atom is -0.497 e. The predicted octanol–water partition coefficient (Wildman–Crippen LogP) is 3.06. The molecule has 8 nitrogen and oxygen atoms in total.